The van der Waals surface area contributed by atoms with Gasteiger partial charge in [0.25, 0.3) is 0 Å². The number of pyridine rings is 1. The van der Waals surface area contributed by atoms with Crippen molar-refractivity contribution in [1.82, 2.24) is 19.7 Å². The van der Waals surface area contributed by atoms with Gasteiger partial charge in [0.1, 0.15) is 6.29 Å². The lowest BCUT2D eigenvalue weighted by atomic mass is 10.2. The van der Waals surface area contributed by atoms with Crippen LogP contribution in [0, 0.1) is 13.8 Å². The van der Waals surface area contributed by atoms with Gasteiger partial charge in [0.15, 0.2) is 0 Å². The molecule has 1 atom stereocenters. The van der Waals surface area contributed by atoms with Crippen LogP contribution in [0.15, 0.2) is 24.5 Å². The van der Waals surface area contributed by atoms with Crippen molar-refractivity contribution < 1.29 is 4.79 Å². The molecule has 0 N–H and O–H groups in total. The van der Waals surface area contributed by atoms with Crippen LogP contribution in [0.25, 0.3) is 0 Å². The van der Waals surface area contributed by atoms with Gasteiger partial charge in [-0.15, -0.1) is 0 Å². The van der Waals surface area contributed by atoms with Gasteiger partial charge in [0.05, 0.1) is 29.0 Å². The van der Waals surface area contributed by atoms with Crippen LogP contribution in [-0.2, 0) is 11.3 Å². The number of hydrogen-bond acceptors (Lipinski definition) is 5. The minimum atomic E-state index is -0.182. The highest BCUT2D eigenvalue weighted by atomic mass is 35.5. The van der Waals surface area contributed by atoms with Gasteiger partial charge in [0.2, 0.25) is 0 Å². The van der Waals surface area contributed by atoms with Crippen LogP contribution in [0.2, 0.25) is 5.02 Å². The number of rotatable bonds is 5. The van der Waals surface area contributed by atoms with Crippen LogP contribution in [0.5, 0.6) is 0 Å². The van der Waals surface area contributed by atoms with Crippen molar-refractivity contribution in [2.24, 2.45) is 0 Å². The Kier molecular flexibility index (Phi) is 5.16. The molecule has 3 rings (SSSR count). The summed E-state index contributed by atoms with van der Waals surface area (Å²) in [6.07, 6.45) is 4.64. The second-order valence-electron chi connectivity index (χ2n) is 6.10. The second-order valence-corrected chi connectivity index (χ2v) is 6.48. The van der Waals surface area contributed by atoms with Gasteiger partial charge in [-0.25, -0.2) is 0 Å². The van der Waals surface area contributed by atoms with E-state index in [0.29, 0.717) is 11.6 Å². The van der Waals surface area contributed by atoms with Crippen molar-refractivity contribution in [1.29, 1.82) is 0 Å². The first kappa shape index (κ1) is 16.9. The van der Waals surface area contributed by atoms with Crippen LogP contribution in [0.1, 0.15) is 11.4 Å². The van der Waals surface area contributed by atoms with Gasteiger partial charge in [-0.05, 0) is 26.0 Å². The Labute approximate surface area is 147 Å². The minimum Gasteiger partial charge on any atom is -0.369 e. The van der Waals surface area contributed by atoms with Gasteiger partial charge < -0.3 is 9.69 Å². The van der Waals surface area contributed by atoms with Gasteiger partial charge in [-0.1, -0.05) is 11.6 Å². The summed E-state index contributed by atoms with van der Waals surface area (Å²) in [5, 5.41) is 5.12. The lowest BCUT2D eigenvalue weighted by Crippen LogP contribution is -2.52. The molecule has 7 heteroatoms. The third-order valence-corrected chi connectivity index (χ3v) is 5.17. The molecular formula is C17H22ClN5O. The van der Waals surface area contributed by atoms with Gasteiger partial charge in [-0.3, -0.25) is 14.6 Å². The maximum absolute atomic E-state index is 11.6. The number of nitrogens with zero attached hydrogens (tertiary/aromatic N) is 5. The lowest BCUT2D eigenvalue weighted by molar-refractivity contribution is -0.113. The van der Waals surface area contributed by atoms with E-state index in [9.17, 15) is 4.79 Å². The van der Waals surface area contributed by atoms with E-state index in [4.69, 9.17) is 11.6 Å². The number of aldehydes is 1. The van der Waals surface area contributed by atoms with Crippen LogP contribution in [-0.4, -0.2) is 58.2 Å². The van der Waals surface area contributed by atoms with E-state index in [1.807, 2.05) is 43.1 Å². The van der Waals surface area contributed by atoms with E-state index in [1.165, 1.54) is 5.69 Å². The first-order valence-electron chi connectivity index (χ1n) is 8.14. The molecule has 1 aliphatic rings. The zero-order valence-corrected chi connectivity index (χ0v) is 14.8. The summed E-state index contributed by atoms with van der Waals surface area (Å²) in [6, 6.07) is 3.86. The third kappa shape index (κ3) is 3.44. The molecule has 2 aromatic rings. The Morgan fingerprint density at radius 3 is 2.42 bits per heavy atom. The highest BCUT2D eigenvalue weighted by Crippen LogP contribution is 2.20. The summed E-state index contributed by atoms with van der Waals surface area (Å²) < 4.78 is 1.84. The molecule has 128 valence electrons. The molecular weight excluding hydrogens is 326 g/mol. The summed E-state index contributed by atoms with van der Waals surface area (Å²) in [6.45, 7) is 7.84. The fraction of sp³-hybridized carbons (Fsp3) is 0.471. The standard InChI is InChI=1S/C17H22ClN5O/c1-13-17(18)14(2)23(20-13)11-16(12-24)22-9-7-21(8-10-22)15-3-5-19-6-4-15/h3-6,12,16H,7-11H2,1-2H3. The molecule has 2 aromatic heterocycles. The Bertz CT molecular complexity index is 695. The number of halogens is 1. The molecule has 1 aliphatic heterocycles. The molecule has 1 unspecified atom stereocenters. The molecule has 0 saturated carbocycles. The molecule has 0 spiro atoms. The molecule has 0 amide bonds. The van der Waals surface area contributed by atoms with Gasteiger partial charge >= 0.3 is 0 Å². The quantitative estimate of drug-likeness (QED) is 0.774. The first-order valence-corrected chi connectivity index (χ1v) is 8.51. The van der Waals surface area contributed by atoms with Crippen LogP contribution in [0.3, 0.4) is 0 Å². The van der Waals surface area contributed by atoms with E-state index in [0.717, 1.165) is 43.9 Å². The first-order chi connectivity index (χ1) is 11.6. The second kappa shape index (κ2) is 7.32. The molecule has 3 heterocycles. The Morgan fingerprint density at radius 1 is 1.21 bits per heavy atom. The highest BCUT2D eigenvalue weighted by molar-refractivity contribution is 6.31. The Hall–Kier alpha value is -1.92. The monoisotopic (exact) mass is 347 g/mol. The molecule has 6 nitrogen and oxygen atoms in total. The van der Waals surface area contributed by atoms with Crippen molar-refractivity contribution in [3.63, 3.8) is 0 Å². The number of aryl methyl sites for hydroxylation is 1. The van der Waals surface area contributed by atoms with Crippen molar-refractivity contribution in [2.75, 3.05) is 31.1 Å². The predicted octanol–water partition coefficient (Wildman–Crippen LogP) is 1.94. The fourth-order valence-corrected chi connectivity index (χ4v) is 3.28. The average Bonchev–Trinajstić information content (AvgIpc) is 2.87. The topological polar surface area (TPSA) is 54.3 Å². The number of hydrogen-bond donors (Lipinski definition) is 0. The van der Waals surface area contributed by atoms with Gasteiger partial charge in [0, 0.05) is 44.3 Å². The maximum Gasteiger partial charge on any atom is 0.139 e. The van der Waals surface area contributed by atoms with Crippen molar-refractivity contribution in [3.8, 4) is 0 Å². The zero-order valence-electron chi connectivity index (χ0n) is 14.0. The average molecular weight is 348 g/mol. The van der Waals surface area contributed by atoms with E-state index in [2.05, 4.69) is 19.9 Å². The van der Waals surface area contributed by atoms with Crippen LogP contribution < -0.4 is 4.90 Å². The van der Waals surface area contributed by atoms with E-state index in [-0.39, 0.29) is 6.04 Å². The summed E-state index contributed by atoms with van der Waals surface area (Å²) in [7, 11) is 0. The van der Waals surface area contributed by atoms with E-state index >= 15 is 0 Å². The molecule has 0 bridgehead atoms. The van der Waals surface area contributed by atoms with E-state index in [1.54, 1.807) is 0 Å². The van der Waals surface area contributed by atoms with Gasteiger partial charge in [-0.2, -0.15) is 5.10 Å². The van der Waals surface area contributed by atoms with Crippen molar-refractivity contribution >= 4 is 23.6 Å². The molecule has 1 saturated heterocycles. The number of piperazine rings is 1. The lowest BCUT2D eigenvalue weighted by Gasteiger charge is -2.38. The van der Waals surface area contributed by atoms with E-state index < -0.39 is 0 Å². The Balaban J connectivity index is 1.63. The van der Waals surface area contributed by atoms with Crippen LogP contribution >= 0.6 is 11.6 Å². The van der Waals surface area contributed by atoms with Crippen LogP contribution in [0.4, 0.5) is 5.69 Å². The smallest absolute Gasteiger partial charge is 0.139 e. The largest absolute Gasteiger partial charge is 0.369 e. The maximum atomic E-state index is 11.6. The molecule has 0 radical (unpaired) electrons. The third-order valence-electron chi connectivity index (χ3n) is 4.62. The number of aromatic nitrogens is 3. The highest BCUT2D eigenvalue weighted by Gasteiger charge is 2.25. The molecule has 0 aliphatic carbocycles. The number of carbonyl (C=O) groups is 1. The molecule has 0 aromatic carbocycles. The predicted molar refractivity (Wildman–Crippen MR) is 94.6 cm³/mol. The number of anilines is 1. The molecule has 24 heavy (non-hydrogen) atoms. The summed E-state index contributed by atoms with van der Waals surface area (Å²) in [5.41, 5.74) is 2.90. The normalized spacial score (nSPS) is 17.0. The summed E-state index contributed by atoms with van der Waals surface area (Å²) in [5.74, 6) is 0. The SMILES string of the molecule is Cc1nn(CC(C=O)N2CCN(c3ccncc3)CC2)c(C)c1Cl. The Morgan fingerprint density at radius 2 is 1.88 bits per heavy atom. The summed E-state index contributed by atoms with van der Waals surface area (Å²) in [4.78, 5) is 20.2. The number of carbonyl (C=O) groups excluding carboxylic acids is 1. The summed E-state index contributed by atoms with van der Waals surface area (Å²) >= 11 is 6.20. The minimum absolute atomic E-state index is 0.182. The molecule has 1 fully saturated rings. The zero-order chi connectivity index (χ0) is 17.1. The van der Waals surface area contributed by atoms with Crippen molar-refractivity contribution in [3.05, 3.63) is 40.9 Å². The van der Waals surface area contributed by atoms with Crippen molar-refractivity contribution in [2.45, 2.75) is 26.4 Å². The fourth-order valence-electron chi connectivity index (χ4n) is 3.14.